The number of hydrogen-bond acceptors (Lipinski definition) is 4. The third-order valence-electron chi connectivity index (χ3n) is 2.20. The van der Waals surface area contributed by atoms with E-state index in [9.17, 15) is 9.36 Å². The molecule has 0 bridgehead atoms. The second kappa shape index (κ2) is 7.82. The van der Waals surface area contributed by atoms with Gasteiger partial charge in [0.2, 0.25) is 5.91 Å². The molecule has 0 unspecified atom stereocenters. The van der Waals surface area contributed by atoms with Crippen LogP contribution < -0.4 is 5.09 Å². The SMILES string of the molecule is CCOP(=O)(NC(=O)C(CC)CC)OCC. The monoisotopic (exact) mass is 251 g/mol. The highest BCUT2D eigenvalue weighted by molar-refractivity contribution is 7.52. The summed E-state index contributed by atoms with van der Waals surface area (Å²) in [6, 6.07) is 0. The Balaban J connectivity index is 4.50. The molecule has 0 aromatic heterocycles. The van der Waals surface area contributed by atoms with Gasteiger partial charge in [0, 0.05) is 5.92 Å². The van der Waals surface area contributed by atoms with E-state index in [0.717, 1.165) is 0 Å². The summed E-state index contributed by atoms with van der Waals surface area (Å²) in [6.45, 7) is 7.71. The zero-order chi connectivity index (χ0) is 12.6. The highest BCUT2D eigenvalue weighted by Gasteiger charge is 2.28. The summed E-state index contributed by atoms with van der Waals surface area (Å²) >= 11 is 0. The van der Waals surface area contributed by atoms with E-state index >= 15 is 0 Å². The van der Waals surface area contributed by atoms with E-state index in [1.807, 2.05) is 13.8 Å². The third kappa shape index (κ3) is 5.10. The first-order chi connectivity index (χ1) is 7.52. The Bertz CT molecular complexity index is 243. The van der Waals surface area contributed by atoms with Crippen LogP contribution in [0.2, 0.25) is 0 Å². The standard InChI is InChI=1S/C10H22NO4P/c1-5-9(6-2)10(12)11-16(13,14-7-3)15-8-4/h9H,5-8H2,1-4H3,(H,11,12,13). The van der Waals surface area contributed by atoms with Crippen molar-refractivity contribution in [2.75, 3.05) is 13.2 Å². The van der Waals surface area contributed by atoms with E-state index in [1.165, 1.54) is 0 Å². The first kappa shape index (κ1) is 15.6. The van der Waals surface area contributed by atoms with Crippen LogP contribution in [0.15, 0.2) is 0 Å². The fraction of sp³-hybridized carbons (Fsp3) is 0.900. The topological polar surface area (TPSA) is 64.6 Å². The smallest absolute Gasteiger partial charge is 0.293 e. The summed E-state index contributed by atoms with van der Waals surface area (Å²) in [5.74, 6) is -0.413. The van der Waals surface area contributed by atoms with Gasteiger partial charge < -0.3 is 0 Å². The van der Waals surface area contributed by atoms with E-state index < -0.39 is 7.75 Å². The van der Waals surface area contributed by atoms with Crippen molar-refractivity contribution < 1.29 is 18.4 Å². The van der Waals surface area contributed by atoms with E-state index in [1.54, 1.807) is 13.8 Å². The predicted molar refractivity (Wildman–Crippen MR) is 63.1 cm³/mol. The number of rotatable bonds is 8. The molecule has 0 aliphatic rings. The Morgan fingerprint density at radius 2 is 1.56 bits per heavy atom. The zero-order valence-corrected chi connectivity index (χ0v) is 11.4. The van der Waals surface area contributed by atoms with Crippen LogP contribution in [0.4, 0.5) is 0 Å². The molecule has 0 rings (SSSR count). The van der Waals surface area contributed by atoms with Gasteiger partial charge in [0.1, 0.15) is 0 Å². The first-order valence-electron chi connectivity index (χ1n) is 5.74. The maximum Gasteiger partial charge on any atom is 0.434 e. The molecule has 96 valence electrons. The Labute approximate surface area is 97.5 Å². The summed E-state index contributed by atoms with van der Waals surface area (Å²) in [6.07, 6.45) is 1.42. The molecule has 0 aliphatic carbocycles. The fourth-order valence-electron chi connectivity index (χ4n) is 1.33. The molecule has 0 saturated heterocycles. The molecule has 0 saturated carbocycles. The van der Waals surface area contributed by atoms with Crippen molar-refractivity contribution in [3.63, 3.8) is 0 Å². The van der Waals surface area contributed by atoms with Gasteiger partial charge in [-0.05, 0) is 26.7 Å². The number of carbonyl (C=O) groups excluding carboxylic acids is 1. The van der Waals surface area contributed by atoms with Crippen molar-refractivity contribution in [2.45, 2.75) is 40.5 Å². The normalized spacial score (nSPS) is 11.8. The molecule has 0 spiro atoms. The van der Waals surface area contributed by atoms with Gasteiger partial charge in [0.05, 0.1) is 13.2 Å². The number of hydrogen-bond donors (Lipinski definition) is 1. The number of nitrogens with one attached hydrogen (secondary N) is 1. The van der Waals surface area contributed by atoms with Gasteiger partial charge in [-0.3, -0.25) is 18.9 Å². The maximum atomic E-state index is 12.0. The molecule has 16 heavy (non-hydrogen) atoms. The van der Waals surface area contributed by atoms with E-state index in [-0.39, 0.29) is 25.0 Å². The average Bonchev–Trinajstić information content (AvgIpc) is 2.19. The second-order valence-electron chi connectivity index (χ2n) is 3.32. The van der Waals surface area contributed by atoms with Crippen LogP contribution in [-0.2, 0) is 18.4 Å². The van der Waals surface area contributed by atoms with Crippen molar-refractivity contribution in [3.05, 3.63) is 0 Å². The molecular formula is C10H22NO4P. The van der Waals surface area contributed by atoms with Crippen LogP contribution >= 0.6 is 7.75 Å². The predicted octanol–water partition coefficient (Wildman–Crippen LogP) is 2.72. The van der Waals surface area contributed by atoms with Gasteiger partial charge in [-0.15, -0.1) is 0 Å². The highest BCUT2D eigenvalue weighted by Crippen LogP contribution is 2.43. The Kier molecular flexibility index (Phi) is 7.64. The van der Waals surface area contributed by atoms with Crippen LogP contribution in [0.1, 0.15) is 40.5 Å². The maximum absolute atomic E-state index is 12.0. The molecular weight excluding hydrogens is 229 g/mol. The minimum absolute atomic E-state index is 0.144. The molecule has 1 N–H and O–H groups in total. The summed E-state index contributed by atoms with van der Waals surface area (Å²) in [5.41, 5.74) is 0. The van der Waals surface area contributed by atoms with E-state index in [0.29, 0.717) is 12.8 Å². The van der Waals surface area contributed by atoms with Crippen LogP contribution in [0.3, 0.4) is 0 Å². The quantitative estimate of drug-likeness (QED) is 0.674. The van der Waals surface area contributed by atoms with Gasteiger partial charge >= 0.3 is 7.75 Å². The molecule has 0 radical (unpaired) electrons. The zero-order valence-electron chi connectivity index (χ0n) is 10.5. The van der Waals surface area contributed by atoms with E-state index in [4.69, 9.17) is 9.05 Å². The summed E-state index contributed by atoms with van der Waals surface area (Å²) in [4.78, 5) is 11.7. The minimum atomic E-state index is -3.46. The van der Waals surface area contributed by atoms with Gasteiger partial charge in [0.15, 0.2) is 0 Å². The van der Waals surface area contributed by atoms with Gasteiger partial charge in [-0.25, -0.2) is 4.57 Å². The molecule has 0 aliphatic heterocycles. The molecule has 0 atom stereocenters. The lowest BCUT2D eigenvalue weighted by molar-refractivity contribution is -0.123. The Morgan fingerprint density at radius 3 is 1.88 bits per heavy atom. The third-order valence-corrected chi connectivity index (χ3v) is 3.89. The number of carbonyl (C=O) groups is 1. The summed E-state index contributed by atoms with van der Waals surface area (Å²) < 4.78 is 21.9. The van der Waals surface area contributed by atoms with E-state index in [2.05, 4.69) is 5.09 Å². The minimum Gasteiger partial charge on any atom is -0.293 e. The van der Waals surface area contributed by atoms with Crippen molar-refractivity contribution in [3.8, 4) is 0 Å². The van der Waals surface area contributed by atoms with Crippen molar-refractivity contribution >= 4 is 13.7 Å². The Morgan fingerprint density at radius 1 is 1.12 bits per heavy atom. The highest BCUT2D eigenvalue weighted by atomic mass is 31.2. The fourth-order valence-corrected chi connectivity index (χ4v) is 2.66. The van der Waals surface area contributed by atoms with Crippen molar-refractivity contribution in [1.82, 2.24) is 5.09 Å². The average molecular weight is 251 g/mol. The molecule has 5 nitrogen and oxygen atoms in total. The molecule has 6 heteroatoms. The lowest BCUT2D eigenvalue weighted by Crippen LogP contribution is -2.29. The molecule has 0 aromatic rings. The number of amides is 1. The lowest BCUT2D eigenvalue weighted by Gasteiger charge is -2.20. The molecule has 1 amide bonds. The molecule has 0 fully saturated rings. The largest absolute Gasteiger partial charge is 0.434 e. The van der Waals surface area contributed by atoms with Crippen molar-refractivity contribution in [1.29, 1.82) is 0 Å². The van der Waals surface area contributed by atoms with Crippen LogP contribution in [0, 0.1) is 5.92 Å². The van der Waals surface area contributed by atoms with Gasteiger partial charge in [-0.1, -0.05) is 13.8 Å². The summed E-state index contributed by atoms with van der Waals surface area (Å²) in [5, 5.41) is 2.37. The molecule has 0 aromatic carbocycles. The molecule has 0 heterocycles. The Hall–Kier alpha value is -0.380. The van der Waals surface area contributed by atoms with Crippen LogP contribution in [0.25, 0.3) is 0 Å². The van der Waals surface area contributed by atoms with Crippen LogP contribution in [0.5, 0.6) is 0 Å². The first-order valence-corrected chi connectivity index (χ1v) is 7.28. The second-order valence-corrected chi connectivity index (χ2v) is 5.06. The van der Waals surface area contributed by atoms with Gasteiger partial charge in [-0.2, -0.15) is 0 Å². The lowest BCUT2D eigenvalue weighted by atomic mass is 10.0. The summed E-state index contributed by atoms with van der Waals surface area (Å²) in [7, 11) is -3.46. The van der Waals surface area contributed by atoms with Crippen molar-refractivity contribution in [2.24, 2.45) is 5.92 Å². The van der Waals surface area contributed by atoms with Gasteiger partial charge in [0.25, 0.3) is 0 Å². The van der Waals surface area contributed by atoms with Crippen LogP contribution in [-0.4, -0.2) is 19.1 Å².